The highest BCUT2D eigenvalue weighted by molar-refractivity contribution is 7.20. The maximum atomic E-state index is 13.7. The summed E-state index contributed by atoms with van der Waals surface area (Å²) in [5, 5.41) is 0.559. The first-order valence-corrected chi connectivity index (χ1v) is 8.01. The van der Waals surface area contributed by atoms with Gasteiger partial charge in [0.1, 0.15) is 5.82 Å². The van der Waals surface area contributed by atoms with Gasteiger partial charge in [0, 0.05) is 22.7 Å². The molecule has 3 rings (SSSR count). The van der Waals surface area contributed by atoms with Gasteiger partial charge in [-0.05, 0) is 38.0 Å². The van der Waals surface area contributed by atoms with E-state index >= 15 is 0 Å². The lowest BCUT2D eigenvalue weighted by Crippen LogP contribution is -2.38. The second-order valence-corrected chi connectivity index (χ2v) is 6.38. The molecule has 4 heteroatoms. The fraction of sp³-hybridized carbons (Fsp3) is 0.438. The molecule has 0 aliphatic heterocycles. The number of hydrogen-bond acceptors (Lipinski definition) is 2. The molecule has 0 atom stereocenters. The zero-order valence-electron chi connectivity index (χ0n) is 11.6. The molecule has 20 heavy (non-hydrogen) atoms. The molecule has 2 aromatic rings. The minimum atomic E-state index is -0.248. The van der Waals surface area contributed by atoms with Gasteiger partial charge in [0.05, 0.1) is 4.88 Å². The van der Waals surface area contributed by atoms with E-state index in [4.69, 9.17) is 0 Å². The summed E-state index contributed by atoms with van der Waals surface area (Å²) in [6.07, 6.45) is 4.60. The second-order valence-electron chi connectivity index (χ2n) is 5.29. The van der Waals surface area contributed by atoms with Crippen LogP contribution in [-0.2, 0) is 0 Å². The fourth-order valence-electron chi connectivity index (χ4n) is 3.06. The van der Waals surface area contributed by atoms with Crippen LogP contribution in [0.4, 0.5) is 4.39 Å². The van der Waals surface area contributed by atoms with Crippen molar-refractivity contribution in [3.63, 3.8) is 0 Å². The van der Waals surface area contributed by atoms with E-state index < -0.39 is 0 Å². The van der Waals surface area contributed by atoms with Gasteiger partial charge in [-0.2, -0.15) is 0 Å². The van der Waals surface area contributed by atoms with Crippen LogP contribution in [0.25, 0.3) is 10.1 Å². The standard InChI is InChI=1S/C16H18FNOS/c1-2-18(11-6-3-4-7-11)16(19)15-10-12-13(17)8-5-9-14(12)20-15/h5,8-11H,2-4,6-7H2,1H3. The lowest BCUT2D eigenvalue weighted by Gasteiger charge is -2.27. The lowest BCUT2D eigenvalue weighted by atomic mass is 10.2. The van der Waals surface area contributed by atoms with Gasteiger partial charge in [-0.25, -0.2) is 4.39 Å². The number of halogens is 1. The predicted molar refractivity (Wildman–Crippen MR) is 80.7 cm³/mol. The van der Waals surface area contributed by atoms with Crippen LogP contribution in [-0.4, -0.2) is 23.4 Å². The molecule has 1 amide bonds. The summed E-state index contributed by atoms with van der Waals surface area (Å²) in [5.74, 6) is -0.193. The van der Waals surface area contributed by atoms with Crippen LogP contribution in [0.2, 0.25) is 0 Å². The molecular formula is C16H18FNOS. The maximum Gasteiger partial charge on any atom is 0.264 e. The molecular weight excluding hydrogens is 273 g/mol. The number of carbonyl (C=O) groups is 1. The van der Waals surface area contributed by atoms with Gasteiger partial charge < -0.3 is 4.90 Å². The Morgan fingerprint density at radius 3 is 2.80 bits per heavy atom. The van der Waals surface area contributed by atoms with E-state index in [0.29, 0.717) is 16.3 Å². The SMILES string of the molecule is CCN(C(=O)c1cc2c(F)cccc2s1)C1CCCC1. The third-order valence-corrected chi connectivity index (χ3v) is 5.17. The van der Waals surface area contributed by atoms with E-state index in [0.717, 1.165) is 24.1 Å². The first kappa shape index (κ1) is 13.6. The van der Waals surface area contributed by atoms with E-state index in [9.17, 15) is 9.18 Å². The molecule has 1 fully saturated rings. The molecule has 1 heterocycles. The highest BCUT2D eigenvalue weighted by Gasteiger charge is 2.27. The van der Waals surface area contributed by atoms with Gasteiger partial charge in [-0.1, -0.05) is 18.9 Å². The number of amides is 1. The molecule has 1 aliphatic rings. The van der Waals surface area contributed by atoms with Crippen LogP contribution < -0.4 is 0 Å². The minimum Gasteiger partial charge on any atom is -0.335 e. The molecule has 1 aliphatic carbocycles. The lowest BCUT2D eigenvalue weighted by molar-refractivity contribution is 0.0698. The van der Waals surface area contributed by atoms with Crippen molar-refractivity contribution in [2.24, 2.45) is 0 Å². The Kier molecular flexibility index (Phi) is 3.74. The van der Waals surface area contributed by atoms with Crippen molar-refractivity contribution in [2.75, 3.05) is 6.54 Å². The zero-order chi connectivity index (χ0) is 14.1. The highest BCUT2D eigenvalue weighted by atomic mass is 32.1. The van der Waals surface area contributed by atoms with Crippen LogP contribution >= 0.6 is 11.3 Å². The van der Waals surface area contributed by atoms with E-state index in [1.54, 1.807) is 12.1 Å². The van der Waals surface area contributed by atoms with Crippen LogP contribution in [0, 0.1) is 5.82 Å². The molecule has 0 bridgehead atoms. The maximum absolute atomic E-state index is 13.7. The van der Waals surface area contributed by atoms with E-state index in [1.807, 2.05) is 17.9 Å². The Labute approximate surface area is 122 Å². The minimum absolute atomic E-state index is 0.0556. The monoisotopic (exact) mass is 291 g/mol. The first-order chi connectivity index (χ1) is 9.70. The molecule has 1 saturated carbocycles. The van der Waals surface area contributed by atoms with Crippen molar-refractivity contribution in [1.29, 1.82) is 0 Å². The number of benzene rings is 1. The normalized spacial score (nSPS) is 15.9. The third kappa shape index (κ3) is 2.33. The van der Waals surface area contributed by atoms with Crippen molar-refractivity contribution in [3.05, 3.63) is 35.0 Å². The van der Waals surface area contributed by atoms with E-state index in [1.165, 1.54) is 30.2 Å². The Morgan fingerprint density at radius 1 is 1.40 bits per heavy atom. The summed E-state index contributed by atoms with van der Waals surface area (Å²) in [5.41, 5.74) is 0. The Balaban J connectivity index is 1.92. The van der Waals surface area contributed by atoms with Crippen LogP contribution in [0.1, 0.15) is 42.3 Å². The average Bonchev–Trinajstić information content (AvgIpc) is 3.08. The van der Waals surface area contributed by atoms with Crippen molar-refractivity contribution >= 4 is 27.3 Å². The van der Waals surface area contributed by atoms with Crippen molar-refractivity contribution in [2.45, 2.75) is 38.6 Å². The quantitative estimate of drug-likeness (QED) is 0.818. The topological polar surface area (TPSA) is 20.3 Å². The average molecular weight is 291 g/mol. The highest BCUT2D eigenvalue weighted by Crippen LogP contribution is 2.31. The molecule has 0 radical (unpaired) electrons. The van der Waals surface area contributed by atoms with Crippen LogP contribution in [0.3, 0.4) is 0 Å². The van der Waals surface area contributed by atoms with Crippen LogP contribution in [0.5, 0.6) is 0 Å². The summed E-state index contributed by atoms with van der Waals surface area (Å²) >= 11 is 1.39. The van der Waals surface area contributed by atoms with Gasteiger partial charge >= 0.3 is 0 Å². The number of hydrogen-bond donors (Lipinski definition) is 0. The van der Waals surface area contributed by atoms with Crippen molar-refractivity contribution in [3.8, 4) is 0 Å². The summed E-state index contributed by atoms with van der Waals surface area (Å²) < 4.78 is 14.6. The summed E-state index contributed by atoms with van der Waals surface area (Å²) in [7, 11) is 0. The number of nitrogens with zero attached hydrogens (tertiary/aromatic N) is 1. The number of thiophene rings is 1. The van der Waals surface area contributed by atoms with Crippen LogP contribution in [0.15, 0.2) is 24.3 Å². The molecule has 2 nitrogen and oxygen atoms in total. The summed E-state index contributed by atoms with van der Waals surface area (Å²) in [6, 6.07) is 7.07. The molecule has 0 N–H and O–H groups in total. The van der Waals surface area contributed by atoms with Crippen molar-refractivity contribution in [1.82, 2.24) is 4.90 Å². The number of rotatable bonds is 3. The summed E-state index contributed by atoms with van der Waals surface area (Å²) in [6.45, 7) is 2.74. The number of carbonyl (C=O) groups excluding carboxylic acids is 1. The van der Waals surface area contributed by atoms with Crippen molar-refractivity contribution < 1.29 is 9.18 Å². The molecule has 0 saturated heterocycles. The Morgan fingerprint density at radius 2 is 2.15 bits per heavy atom. The zero-order valence-corrected chi connectivity index (χ0v) is 12.4. The number of fused-ring (bicyclic) bond motifs is 1. The third-order valence-electron chi connectivity index (χ3n) is 4.09. The first-order valence-electron chi connectivity index (χ1n) is 7.19. The Bertz CT molecular complexity index is 630. The molecule has 1 aromatic heterocycles. The summed E-state index contributed by atoms with van der Waals surface area (Å²) in [4.78, 5) is 15.3. The Hall–Kier alpha value is -1.42. The van der Waals surface area contributed by atoms with E-state index in [-0.39, 0.29) is 11.7 Å². The predicted octanol–water partition coefficient (Wildman–Crippen LogP) is 4.45. The second kappa shape index (κ2) is 5.52. The van der Waals surface area contributed by atoms with Gasteiger partial charge in [-0.3, -0.25) is 4.79 Å². The van der Waals surface area contributed by atoms with E-state index in [2.05, 4.69) is 0 Å². The molecule has 0 unspecified atom stereocenters. The van der Waals surface area contributed by atoms with Gasteiger partial charge in [-0.15, -0.1) is 11.3 Å². The fourth-order valence-corrected chi connectivity index (χ4v) is 4.09. The van der Waals surface area contributed by atoms with Gasteiger partial charge in [0.15, 0.2) is 0 Å². The molecule has 1 aromatic carbocycles. The van der Waals surface area contributed by atoms with Gasteiger partial charge in [0.25, 0.3) is 5.91 Å². The molecule has 106 valence electrons. The smallest absolute Gasteiger partial charge is 0.264 e. The van der Waals surface area contributed by atoms with Gasteiger partial charge in [0.2, 0.25) is 0 Å². The largest absolute Gasteiger partial charge is 0.335 e. The molecule has 0 spiro atoms.